The largest absolute Gasteiger partial charge is 0.493 e. The third-order valence-corrected chi connectivity index (χ3v) is 2.72. The predicted octanol–water partition coefficient (Wildman–Crippen LogP) is 3.22. The van der Waals surface area contributed by atoms with Gasteiger partial charge in [0.05, 0.1) is 18.2 Å². The molecule has 0 aliphatic heterocycles. The molecule has 0 saturated carbocycles. The van der Waals surface area contributed by atoms with E-state index in [1.54, 1.807) is 7.11 Å². The number of halogens is 1. The average molecular weight is 300 g/mol. The smallest absolute Gasteiger partial charge is 0.175 e. The minimum atomic E-state index is 0.0336. The molecule has 0 heterocycles. The minimum Gasteiger partial charge on any atom is -0.493 e. The summed E-state index contributed by atoms with van der Waals surface area (Å²) in [7, 11) is 1.63. The summed E-state index contributed by atoms with van der Waals surface area (Å²) in [6, 6.07) is 3.94. The summed E-state index contributed by atoms with van der Waals surface area (Å²) in [5, 5.41) is 0. The molecule has 0 aliphatic rings. The molecule has 0 aliphatic carbocycles. The van der Waals surface area contributed by atoms with Crippen LogP contribution in [0.4, 0.5) is 0 Å². The molecular formula is C13H18BrNO2. The van der Waals surface area contributed by atoms with Gasteiger partial charge in [-0.3, -0.25) is 0 Å². The lowest BCUT2D eigenvalue weighted by Crippen LogP contribution is -2.09. The third kappa shape index (κ3) is 4.06. The van der Waals surface area contributed by atoms with E-state index >= 15 is 0 Å². The van der Waals surface area contributed by atoms with Gasteiger partial charge < -0.3 is 15.2 Å². The standard InChI is InChI=1S/C13H18BrNO2/c1-4-17-13-11(14)7-10(6-5-9(2)15)8-12(13)16-3/h5-9H,4,15H2,1-3H3/b6-5+. The normalized spacial score (nSPS) is 12.8. The molecule has 0 amide bonds. The number of ether oxygens (including phenoxy) is 2. The zero-order valence-corrected chi connectivity index (χ0v) is 12.0. The van der Waals surface area contributed by atoms with Crippen LogP contribution in [0.1, 0.15) is 19.4 Å². The second kappa shape index (κ2) is 6.67. The van der Waals surface area contributed by atoms with Crippen molar-refractivity contribution in [3.05, 3.63) is 28.2 Å². The number of hydrogen-bond acceptors (Lipinski definition) is 3. The van der Waals surface area contributed by atoms with E-state index < -0.39 is 0 Å². The Hall–Kier alpha value is -1.00. The number of hydrogen-bond donors (Lipinski definition) is 1. The topological polar surface area (TPSA) is 44.5 Å². The van der Waals surface area contributed by atoms with E-state index in [-0.39, 0.29) is 6.04 Å². The second-order valence-electron chi connectivity index (χ2n) is 3.69. The van der Waals surface area contributed by atoms with E-state index in [0.29, 0.717) is 12.4 Å². The fourth-order valence-electron chi connectivity index (χ4n) is 1.38. The van der Waals surface area contributed by atoms with Gasteiger partial charge in [-0.25, -0.2) is 0 Å². The van der Waals surface area contributed by atoms with Gasteiger partial charge >= 0.3 is 0 Å². The first-order chi connectivity index (χ1) is 8.08. The van der Waals surface area contributed by atoms with Crippen LogP contribution in [0.2, 0.25) is 0 Å². The van der Waals surface area contributed by atoms with Crippen molar-refractivity contribution in [1.82, 2.24) is 0 Å². The maximum absolute atomic E-state index is 5.67. The van der Waals surface area contributed by atoms with E-state index in [0.717, 1.165) is 15.8 Å². The highest BCUT2D eigenvalue weighted by molar-refractivity contribution is 9.10. The Morgan fingerprint density at radius 1 is 1.47 bits per heavy atom. The highest BCUT2D eigenvalue weighted by atomic mass is 79.9. The van der Waals surface area contributed by atoms with E-state index in [1.807, 2.05) is 38.1 Å². The van der Waals surface area contributed by atoms with E-state index in [4.69, 9.17) is 15.2 Å². The molecular weight excluding hydrogens is 282 g/mol. The summed E-state index contributed by atoms with van der Waals surface area (Å²) in [5.74, 6) is 1.44. The average Bonchev–Trinajstić information content (AvgIpc) is 2.29. The molecule has 0 radical (unpaired) electrons. The molecule has 0 spiro atoms. The maximum Gasteiger partial charge on any atom is 0.175 e. The molecule has 0 aromatic heterocycles. The van der Waals surface area contributed by atoms with Crippen molar-refractivity contribution in [1.29, 1.82) is 0 Å². The third-order valence-electron chi connectivity index (χ3n) is 2.13. The Balaban J connectivity index is 3.08. The van der Waals surface area contributed by atoms with E-state index in [9.17, 15) is 0 Å². The van der Waals surface area contributed by atoms with Crippen molar-refractivity contribution < 1.29 is 9.47 Å². The van der Waals surface area contributed by atoms with Gasteiger partial charge in [-0.05, 0) is 47.5 Å². The molecule has 4 heteroatoms. The van der Waals surface area contributed by atoms with Gasteiger partial charge in [0.1, 0.15) is 0 Å². The van der Waals surface area contributed by atoms with Gasteiger partial charge in [-0.15, -0.1) is 0 Å². The Morgan fingerprint density at radius 3 is 2.71 bits per heavy atom. The minimum absolute atomic E-state index is 0.0336. The van der Waals surface area contributed by atoms with Crippen LogP contribution < -0.4 is 15.2 Å². The Bertz CT molecular complexity index is 403. The fraction of sp³-hybridized carbons (Fsp3) is 0.385. The lowest BCUT2D eigenvalue weighted by Gasteiger charge is -2.12. The molecule has 0 fully saturated rings. The molecule has 0 bridgehead atoms. The number of methoxy groups -OCH3 is 1. The van der Waals surface area contributed by atoms with Crippen LogP contribution in [-0.2, 0) is 0 Å². The van der Waals surface area contributed by atoms with Gasteiger partial charge in [0.25, 0.3) is 0 Å². The van der Waals surface area contributed by atoms with Crippen molar-refractivity contribution >= 4 is 22.0 Å². The lowest BCUT2D eigenvalue weighted by molar-refractivity contribution is 0.309. The molecule has 2 N–H and O–H groups in total. The van der Waals surface area contributed by atoms with Gasteiger partial charge in [0.15, 0.2) is 11.5 Å². The summed E-state index contributed by atoms with van der Waals surface area (Å²) in [6.45, 7) is 4.47. The molecule has 1 rings (SSSR count). The number of nitrogens with two attached hydrogens (primary N) is 1. The Morgan fingerprint density at radius 2 is 2.18 bits per heavy atom. The molecule has 94 valence electrons. The number of rotatable bonds is 5. The molecule has 3 nitrogen and oxygen atoms in total. The van der Waals surface area contributed by atoms with Crippen LogP contribution >= 0.6 is 15.9 Å². The summed E-state index contributed by atoms with van der Waals surface area (Å²) in [4.78, 5) is 0. The molecule has 1 aromatic rings. The van der Waals surface area contributed by atoms with Crippen LogP contribution in [0.3, 0.4) is 0 Å². The maximum atomic E-state index is 5.67. The zero-order valence-electron chi connectivity index (χ0n) is 10.4. The van der Waals surface area contributed by atoms with Crippen molar-refractivity contribution in [2.45, 2.75) is 19.9 Å². The van der Waals surface area contributed by atoms with Crippen molar-refractivity contribution in [3.63, 3.8) is 0 Å². The highest BCUT2D eigenvalue weighted by Gasteiger charge is 2.09. The van der Waals surface area contributed by atoms with Crippen molar-refractivity contribution in [3.8, 4) is 11.5 Å². The highest BCUT2D eigenvalue weighted by Crippen LogP contribution is 2.36. The zero-order chi connectivity index (χ0) is 12.8. The van der Waals surface area contributed by atoms with Gasteiger partial charge in [0.2, 0.25) is 0 Å². The van der Waals surface area contributed by atoms with E-state index in [2.05, 4.69) is 15.9 Å². The SMILES string of the molecule is CCOc1c(Br)cc(/C=C/C(C)N)cc1OC. The van der Waals surface area contributed by atoms with Gasteiger partial charge in [-0.1, -0.05) is 12.2 Å². The summed E-state index contributed by atoms with van der Waals surface area (Å²) in [6.07, 6.45) is 3.90. The van der Waals surface area contributed by atoms with Crippen molar-refractivity contribution in [2.24, 2.45) is 5.73 Å². The first-order valence-electron chi connectivity index (χ1n) is 5.52. The Labute approximate surface area is 111 Å². The first-order valence-corrected chi connectivity index (χ1v) is 6.31. The van der Waals surface area contributed by atoms with E-state index in [1.165, 1.54) is 0 Å². The van der Waals surface area contributed by atoms with Gasteiger partial charge in [0, 0.05) is 6.04 Å². The van der Waals surface area contributed by atoms with Crippen LogP contribution in [-0.4, -0.2) is 19.8 Å². The molecule has 1 unspecified atom stereocenters. The molecule has 17 heavy (non-hydrogen) atoms. The molecule has 0 saturated heterocycles. The first kappa shape index (κ1) is 14.1. The second-order valence-corrected chi connectivity index (χ2v) is 4.54. The van der Waals surface area contributed by atoms with Crippen LogP contribution in [0.15, 0.2) is 22.7 Å². The summed E-state index contributed by atoms with van der Waals surface area (Å²) < 4.78 is 11.7. The van der Waals surface area contributed by atoms with Crippen LogP contribution in [0, 0.1) is 0 Å². The molecule has 1 atom stereocenters. The predicted molar refractivity (Wildman–Crippen MR) is 74.5 cm³/mol. The quantitative estimate of drug-likeness (QED) is 0.908. The lowest BCUT2D eigenvalue weighted by atomic mass is 10.1. The summed E-state index contributed by atoms with van der Waals surface area (Å²) >= 11 is 3.48. The van der Waals surface area contributed by atoms with Crippen LogP contribution in [0.5, 0.6) is 11.5 Å². The number of benzene rings is 1. The fourth-order valence-corrected chi connectivity index (χ4v) is 1.96. The van der Waals surface area contributed by atoms with Crippen LogP contribution in [0.25, 0.3) is 6.08 Å². The monoisotopic (exact) mass is 299 g/mol. The summed E-state index contributed by atoms with van der Waals surface area (Å²) in [5.41, 5.74) is 6.69. The van der Waals surface area contributed by atoms with Gasteiger partial charge in [-0.2, -0.15) is 0 Å². The molecule has 1 aromatic carbocycles. The van der Waals surface area contributed by atoms with Crippen molar-refractivity contribution in [2.75, 3.05) is 13.7 Å². The Kier molecular flexibility index (Phi) is 5.51.